The molecule has 0 fully saturated rings. The molecule has 0 atom stereocenters. The zero-order valence-corrected chi connectivity index (χ0v) is 10.9. The molecule has 1 amide bonds. The molecule has 0 aliphatic carbocycles. The third-order valence-electron chi connectivity index (χ3n) is 2.33. The number of aryl methyl sites for hydroxylation is 1. The van der Waals surface area contributed by atoms with Crippen molar-refractivity contribution in [1.82, 2.24) is 10.6 Å². The topological polar surface area (TPSA) is 53.2 Å². The van der Waals surface area contributed by atoms with Crippen molar-refractivity contribution >= 4 is 28.9 Å². The molecule has 0 spiro atoms. The van der Waals surface area contributed by atoms with Gasteiger partial charge in [0.15, 0.2) is 5.11 Å². The summed E-state index contributed by atoms with van der Waals surface area (Å²) in [4.78, 5) is 11.0. The Bertz CT molecular complexity index is 406. The van der Waals surface area contributed by atoms with Crippen LogP contribution in [-0.4, -0.2) is 24.6 Å². The Morgan fingerprint density at radius 2 is 2.06 bits per heavy atom. The molecule has 0 unspecified atom stereocenters. The van der Waals surface area contributed by atoms with Crippen LogP contribution in [0.3, 0.4) is 0 Å². The molecule has 0 bridgehead atoms. The number of likely N-dealkylation sites (N-methyl/N-ethyl adjacent to an activating group) is 1. The van der Waals surface area contributed by atoms with E-state index in [-0.39, 0.29) is 12.5 Å². The first-order valence-corrected chi connectivity index (χ1v) is 5.91. The van der Waals surface area contributed by atoms with Crippen molar-refractivity contribution in [3.63, 3.8) is 0 Å². The van der Waals surface area contributed by atoms with Crippen LogP contribution in [0, 0.1) is 0 Å². The Kier molecular flexibility index (Phi) is 5.42. The highest BCUT2D eigenvalue weighted by Crippen LogP contribution is 2.14. The average molecular weight is 251 g/mol. The molecule has 0 saturated heterocycles. The van der Waals surface area contributed by atoms with E-state index < -0.39 is 0 Å². The maximum Gasteiger partial charge on any atom is 0.239 e. The van der Waals surface area contributed by atoms with Crippen LogP contribution in [0.2, 0.25) is 0 Å². The Morgan fingerprint density at radius 3 is 2.71 bits per heavy atom. The van der Waals surface area contributed by atoms with E-state index in [0.29, 0.717) is 5.11 Å². The van der Waals surface area contributed by atoms with Gasteiger partial charge in [0.25, 0.3) is 0 Å². The SMILES string of the molecule is CCc1ccccc1NC(=S)NCC(=O)NC. The van der Waals surface area contributed by atoms with Crippen LogP contribution in [0.4, 0.5) is 5.69 Å². The van der Waals surface area contributed by atoms with Gasteiger partial charge in [-0.25, -0.2) is 0 Å². The summed E-state index contributed by atoms with van der Waals surface area (Å²) in [5, 5.41) is 8.89. The molecule has 17 heavy (non-hydrogen) atoms. The molecule has 0 aromatic heterocycles. The van der Waals surface area contributed by atoms with E-state index in [1.54, 1.807) is 7.05 Å². The van der Waals surface area contributed by atoms with Gasteiger partial charge in [0, 0.05) is 12.7 Å². The Balaban J connectivity index is 2.53. The molecule has 92 valence electrons. The van der Waals surface area contributed by atoms with Gasteiger partial charge in [0.1, 0.15) is 0 Å². The van der Waals surface area contributed by atoms with Crippen molar-refractivity contribution in [2.75, 3.05) is 18.9 Å². The van der Waals surface area contributed by atoms with Crippen molar-refractivity contribution in [1.29, 1.82) is 0 Å². The molecule has 0 aliphatic rings. The molecule has 1 aromatic rings. The lowest BCUT2D eigenvalue weighted by atomic mass is 10.1. The Labute approximate surface area is 107 Å². The fourth-order valence-corrected chi connectivity index (χ4v) is 1.55. The second-order valence-electron chi connectivity index (χ2n) is 3.49. The molecule has 1 aromatic carbocycles. The number of nitrogens with one attached hydrogen (secondary N) is 3. The van der Waals surface area contributed by atoms with E-state index in [2.05, 4.69) is 22.9 Å². The summed E-state index contributed by atoms with van der Waals surface area (Å²) in [5.41, 5.74) is 2.17. The van der Waals surface area contributed by atoms with Crippen LogP contribution in [0.5, 0.6) is 0 Å². The van der Waals surface area contributed by atoms with E-state index >= 15 is 0 Å². The monoisotopic (exact) mass is 251 g/mol. The summed E-state index contributed by atoms with van der Waals surface area (Å²) < 4.78 is 0. The van der Waals surface area contributed by atoms with Crippen molar-refractivity contribution < 1.29 is 4.79 Å². The van der Waals surface area contributed by atoms with Gasteiger partial charge in [-0.1, -0.05) is 25.1 Å². The van der Waals surface area contributed by atoms with Crippen molar-refractivity contribution in [2.24, 2.45) is 0 Å². The minimum atomic E-state index is -0.0991. The summed E-state index contributed by atoms with van der Waals surface area (Å²) in [6, 6.07) is 7.95. The molecule has 5 heteroatoms. The summed E-state index contributed by atoms with van der Waals surface area (Å²) in [7, 11) is 1.59. The van der Waals surface area contributed by atoms with Gasteiger partial charge in [0.2, 0.25) is 5.91 Å². The lowest BCUT2D eigenvalue weighted by Gasteiger charge is -2.12. The largest absolute Gasteiger partial charge is 0.358 e. The third kappa shape index (κ3) is 4.40. The fourth-order valence-electron chi connectivity index (χ4n) is 1.37. The van der Waals surface area contributed by atoms with E-state index in [1.165, 1.54) is 5.56 Å². The maximum atomic E-state index is 11.0. The molecule has 0 saturated carbocycles. The van der Waals surface area contributed by atoms with Crippen molar-refractivity contribution in [3.05, 3.63) is 29.8 Å². The first-order valence-electron chi connectivity index (χ1n) is 5.50. The number of carbonyl (C=O) groups excluding carboxylic acids is 1. The first kappa shape index (κ1) is 13.4. The molecule has 0 heterocycles. The maximum absolute atomic E-state index is 11.0. The Hall–Kier alpha value is -1.62. The van der Waals surface area contributed by atoms with Gasteiger partial charge >= 0.3 is 0 Å². The molecule has 0 aliphatic heterocycles. The summed E-state index contributed by atoms with van der Waals surface area (Å²) in [5.74, 6) is -0.0991. The number of amides is 1. The molecular formula is C12H17N3OS. The zero-order chi connectivity index (χ0) is 12.7. The lowest BCUT2D eigenvalue weighted by Crippen LogP contribution is -2.37. The van der Waals surface area contributed by atoms with Crippen molar-refractivity contribution in [2.45, 2.75) is 13.3 Å². The molecule has 0 radical (unpaired) electrons. The van der Waals surface area contributed by atoms with Gasteiger partial charge in [0.05, 0.1) is 6.54 Å². The number of benzene rings is 1. The van der Waals surface area contributed by atoms with Crippen LogP contribution < -0.4 is 16.0 Å². The lowest BCUT2D eigenvalue weighted by molar-refractivity contribution is -0.119. The van der Waals surface area contributed by atoms with Gasteiger partial charge < -0.3 is 16.0 Å². The number of thiocarbonyl (C=S) groups is 1. The van der Waals surface area contributed by atoms with Crippen LogP contribution in [-0.2, 0) is 11.2 Å². The predicted molar refractivity (Wildman–Crippen MR) is 74.1 cm³/mol. The van der Waals surface area contributed by atoms with Crippen molar-refractivity contribution in [3.8, 4) is 0 Å². The van der Waals surface area contributed by atoms with E-state index in [0.717, 1.165) is 12.1 Å². The molecular weight excluding hydrogens is 234 g/mol. The van der Waals surface area contributed by atoms with Gasteiger partial charge in [-0.2, -0.15) is 0 Å². The smallest absolute Gasteiger partial charge is 0.239 e. The van der Waals surface area contributed by atoms with E-state index in [4.69, 9.17) is 12.2 Å². The standard InChI is InChI=1S/C12H17N3OS/c1-3-9-6-4-5-7-10(9)15-12(17)14-8-11(16)13-2/h4-7H,3,8H2,1-2H3,(H,13,16)(H2,14,15,17). The number of carbonyl (C=O) groups is 1. The van der Waals surface area contributed by atoms with Crippen LogP contribution in [0.1, 0.15) is 12.5 Å². The van der Waals surface area contributed by atoms with Gasteiger partial charge in [-0.3, -0.25) is 4.79 Å². The quantitative estimate of drug-likeness (QED) is 0.706. The highest BCUT2D eigenvalue weighted by Gasteiger charge is 2.03. The van der Waals surface area contributed by atoms with Crippen LogP contribution >= 0.6 is 12.2 Å². The summed E-state index contributed by atoms with van der Waals surface area (Å²) >= 11 is 5.11. The number of hydrogen-bond donors (Lipinski definition) is 3. The molecule has 4 nitrogen and oxygen atoms in total. The molecule has 3 N–H and O–H groups in total. The molecule has 1 rings (SSSR count). The summed E-state index contributed by atoms with van der Waals surface area (Å²) in [6.45, 7) is 2.26. The fraction of sp³-hybridized carbons (Fsp3) is 0.333. The van der Waals surface area contributed by atoms with Gasteiger partial charge in [-0.05, 0) is 30.3 Å². The average Bonchev–Trinajstić information content (AvgIpc) is 2.36. The minimum Gasteiger partial charge on any atom is -0.358 e. The minimum absolute atomic E-state index is 0.0991. The Morgan fingerprint density at radius 1 is 1.35 bits per heavy atom. The number of rotatable bonds is 4. The second kappa shape index (κ2) is 6.85. The third-order valence-corrected chi connectivity index (χ3v) is 2.58. The highest BCUT2D eigenvalue weighted by atomic mass is 32.1. The van der Waals surface area contributed by atoms with Gasteiger partial charge in [-0.15, -0.1) is 0 Å². The number of anilines is 1. The summed E-state index contributed by atoms with van der Waals surface area (Å²) in [6.07, 6.45) is 0.932. The first-order chi connectivity index (χ1) is 8.17. The van der Waals surface area contributed by atoms with Crippen LogP contribution in [0.15, 0.2) is 24.3 Å². The van der Waals surface area contributed by atoms with E-state index in [9.17, 15) is 4.79 Å². The number of hydrogen-bond acceptors (Lipinski definition) is 2. The number of para-hydroxylation sites is 1. The zero-order valence-electron chi connectivity index (χ0n) is 10.0. The normalized spacial score (nSPS) is 9.53. The van der Waals surface area contributed by atoms with E-state index in [1.807, 2.05) is 24.3 Å². The van der Waals surface area contributed by atoms with Crippen LogP contribution in [0.25, 0.3) is 0 Å². The second-order valence-corrected chi connectivity index (χ2v) is 3.90. The highest BCUT2D eigenvalue weighted by molar-refractivity contribution is 7.80. The predicted octanol–water partition coefficient (Wildman–Crippen LogP) is 1.28.